The Hall–Kier alpha value is -0.440. The molecule has 0 spiro atoms. The van der Waals surface area contributed by atoms with Crippen LogP contribution in [-0.2, 0) is 0 Å². The molecular formula is C8H11BrFN. The molecule has 0 bridgehead atoms. The van der Waals surface area contributed by atoms with E-state index in [0.29, 0.717) is 10.2 Å². The molecule has 0 aliphatic carbocycles. The van der Waals surface area contributed by atoms with Crippen molar-refractivity contribution in [2.45, 2.75) is 20.8 Å². The Balaban J connectivity index is 0.000000461. The smallest absolute Gasteiger partial charge is 0.144 e. The maximum atomic E-state index is 12.4. The number of aromatic nitrogens is 1. The molecule has 0 amide bonds. The van der Waals surface area contributed by atoms with Crippen LogP contribution in [0.3, 0.4) is 0 Å². The molecule has 11 heavy (non-hydrogen) atoms. The topological polar surface area (TPSA) is 12.9 Å². The third kappa shape index (κ3) is 3.46. The van der Waals surface area contributed by atoms with E-state index >= 15 is 0 Å². The zero-order valence-electron chi connectivity index (χ0n) is 6.86. The molecule has 0 atom stereocenters. The molecule has 0 N–H and O–H groups in total. The molecule has 62 valence electrons. The van der Waals surface area contributed by atoms with E-state index in [1.165, 1.54) is 6.20 Å². The summed E-state index contributed by atoms with van der Waals surface area (Å²) >= 11 is 3.12. The van der Waals surface area contributed by atoms with E-state index in [1.54, 1.807) is 13.0 Å². The van der Waals surface area contributed by atoms with Gasteiger partial charge in [0.15, 0.2) is 0 Å². The minimum absolute atomic E-state index is 0.266. The quantitative estimate of drug-likeness (QED) is 0.611. The van der Waals surface area contributed by atoms with Crippen molar-refractivity contribution in [1.82, 2.24) is 4.98 Å². The maximum absolute atomic E-state index is 12.4. The van der Waals surface area contributed by atoms with Crippen LogP contribution in [0.25, 0.3) is 0 Å². The van der Waals surface area contributed by atoms with Crippen LogP contribution in [0.5, 0.6) is 0 Å². The van der Waals surface area contributed by atoms with Gasteiger partial charge in [-0.25, -0.2) is 9.37 Å². The van der Waals surface area contributed by atoms with Gasteiger partial charge >= 0.3 is 0 Å². The molecule has 0 aliphatic heterocycles. The molecule has 0 radical (unpaired) electrons. The van der Waals surface area contributed by atoms with Crippen LogP contribution in [-0.4, -0.2) is 4.98 Å². The van der Waals surface area contributed by atoms with Gasteiger partial charge in [-0.3, -0.25) is 0 Å². The number of nitrogens with zero attached hydrogens (tertiary/aromatic N) is 1. The molecule has 0 aromatic carbocycles. The summed E-state index contributed by atoms with van der Waals surface area (Å²) in [4.78, 5) is 3.68. The lowest BCUT2D eigenvalue weighted by Crippen LogP contribution is -1.83. The zero-order chi connectivity index (χ0) is 8.85. The van der Waals surface area contributed by atoms with Gasteiger partial charge in [0.25, 0.3) is 0 Å². The Bertz CT molecular complexity index is 225. The lowest BCUT2D eigenvalue weighted by molar-refractivity contribution is 0.611. The second kappa shape index (κ2) is 5.24. The molecule has 1 aromatic rings. The molecule has 0 unspecified atom stereocenters. The van der Waals surface area contributed by atoms with Crippen molar-refractivity contribution in [3.63, 3.8) is 0 Å². The fraction of sp³-hybridized carbons (Fsp3) is 0.375. The van der Waals surface area contributed by atoms with Crippen LogP contribution < -0.4 is 0 Å². The predicted octanol–water partition coefficient (Wildman–Crippen LogP) is 3.32. The van der Waals surface area contributed by atoms with E-state index in [4.69, 9.17) is 0 Å². The third-order valence-electron chi connectivity index (χ3n) is 1.01. The molecule has 3 heteroatoms. The predicted molar refractivity (Wildman–Crippen MR) is 48.0 cm³/mol. The highest BCUT2D eigenvalue weighted by Gasteiger charge is 1.95. The van der Waals surface area contributed by atoms with E-state index < -0.39 is 0 Å². The van der Waals surface area contributed by atoms with Gasteiger partial charge in [0.05, 0.1) is 6.20 Å². The molecule has 1 heterocycles. The van der Waals surface area contributed by atoms with Gasteiger partial charge in [-0.05, 0) is 34.5 Å². The summed E-state index contributed by atoms with van der Waals surface area (Å²) < 4.78 is 13.1. The average Bonchev–Trinajstić information content (AvgIpc) is 2.02. The van der Waals surface area contributed by atoms with E-state index in [9.17, 15) is 4.39 Å². The minimum atomic E-state index is -0.266. The summed E-state index contributed by atoms with van der Waals surface area (Å²) in [5.74, 6) is -0.266. The molecule has 0 fully saturated rings. The van der Waals surface area contributed by atoms with Crippen molar-refractivity contribution in [3.8, 4) is 0 Å². The fourth-order valence-corrected chi connectivity index (χ4v) is 0.951. The Labute approximate surface area is 74.8 Å². The van der Waals surface area contributed by atoms with Crippen molar-refractivity contribution in [2.24, 2.45) is 0 Å². The number of hydrogen-bond acceptors (Lipinski definition) is 1. The largest absolute Gasteiger partial charge is 0.246 e. The highest BCUT2D eigenvalue weighted by atomic mass is 79.9. The molecule has 1 rings (SSSR count). The first-order valence-corrected chi connectivity index (χ1v) is 4.27. The normalized spacial score (nSPS) is 8.45. The molecule has 1 nitrogen and oxygen atoms in total. The van der Waals surface area contributed by atoms with E-state index in [2.05, 4.69) is 20.9 Å². The molecule has 0 aliphatic rings. The molecule has 0 saturated heterocycles. The number of hydrogen-bond donors (Lipinski definition) is 0. The minimum Gasteiger partial charge on any atom is -0.246 e. The number of aryl methyl sites for hydroxylation is 1. The Kier molecular flexibility index (Phi) is 5.03. The zero-order valence-corrected chi connectivity index (χ0v) is 8.44. The van der Waals surface area contributed by atoms with Crippen LogP contribution in [0, 0.1) is 12.7 Å². The highest BCUT2D eigenvalue weighted by molar-refractivity contribution is 9.10. The Morgan fingerprint density at radius 1 is 1.45 bits per heavy atom. The van der Waals surface area contributed by atoms with Crippen molar-refractivity contribution in [3.05, 3.63) is 28.2 Å². The van der Waals surface area contributed by atoms with E-state index in [1.807, 2.05) is 13.8 Å². The monoisotopic (exact) mass is 219 g/mol. The molecule has 1 aromatic heterocycles. The summed E-state index contributed by atoms with van der Waals surface area (Å²) in [7, 11) is 0. The van der Waals surface area contributed by atoms with Gasteiger partial charge in [0, 0.05) is 0 Å². The third-order valence-corrected chi connectivity index (χ3v) is 1.45. The molecule has 0 saturated carbocycles. The fourth-order valence-electron chi connectivity index (χ4n) is 0.505. The second-order valence-electron chi connectivity index (χ2n) is 1.76. The average molecular weight is 220 g/mol. The van der Waals surface area contributed by atoms with Gasteiger partial charge in [0.1, 0.15) is 10.4 Å². The van der Waals surface area contributed by atoms with E-state index in [-0.39, 0.29) is 5.82 Å². The van der Waals surface area contributed by atoms with Gasteiger partial charge in [-0.15, -0.1) is 0 Å². The first-order chi connectivity index (χ1) is 5.20. The van der Waals surface area contributed by atoms with Crippen LogP contribution in [0.15, 0.2) is 16.9 Å². The van der Waals surface area contributed by atoms with E-state index in [0.717, 1.165) is 0 Å². The van der Waals surface area contributed by atoms with Gasteiger partial charge in [0.2, 0.25) is 0 Å². The standard InChI is InChI=1S/C6H5BrFN.C2H6/c1-4-2-6(7)9-3-5(4)8;1-2/h2-3H,1H3;1-2H3. The first kappa shape index (κ1) is 10.6. The van der Waals surface area contributed by atoms with Gasteiger partial charge < -0.3 is 0 Å². The lowest BCUT2D eigenvalue weighted by atomic mass is 10.3. The summed E-state index contributed by atoms with van der Waals surface area (Å²) in [6.45, 7) is 5.70. The van der Waals surface area contributed by atoms with Crippen molar-refractivity contribution < 1.29 is 4.39 Å². The number of pyridine rings is 1. The second-order valence-corrected chi connectivity index (χ2v) is 2.57. The maximum Gasteiger partial charge on any atom is 0.144 e. The van der Waals surface area contributed by atoms with Crippen LogP contribution >= 0.6 is 15.9 Å². The van der Waals surface area contributed by atoms with Gasteiger partial charge in [-0.1, -0.05) is 13.8 Å². The highest BCUT2D eigenvalue weighted by Crippen LogP contribution is 2.09. The van der Waals surface area contributed by atoms with Gasteiger partial charge in [-0.2, -0.15) is 0 Å². The van der Waals surface area contributed by atoms with Crippen molar-refractivity contribution >= 4 is 15.9 Å². The Morgan fingerprint density at radius 3 is 2.36 bits per heavy atom. The first-order valence-electron chi connectivity index (χ1n) is 3.48. The summed E-state index contributed by atoms with van der Waals surface area (Å²) in [6.07, 6.45) is 1.19. The number of halogens is 2. The lowest BCUT2D eigenvalue weighted by Gasteiger charge is -1.92. The van der Waals surface area contributed by atoms with Crippen LogP contribution in [0.4, 0.5) is 4.39 Å². The van der Waals surface area contributed by atoms with Crippen LogP contribution in [0.1, 0.15) is 19.4 Å². The van der Waals surface area contributed by atoms with Crippen LogP contribution in [0.2, 0.25) is 0 Å². The van der Waals surface area contributed by atoms with Crippen molar-refractivity contribution in [2.75, 3.05) is 0 Å². The summed E-state index contributed by atoms with van der Waals surface area (Å²) in [6, 6.07) is 1.63. The number of rotatable bonds is 0. The molecular weight excluding hydrogens is 209 g/mol. The Morgan fingerprint density at radius 2 is 2.00 bits per heavy atom. The summed E-state index contributed by atoms with van der Waals surface area (Å²) in [5.41, 5.74) is 0.608. The SMILES string of the molecule is CC.Cc1cc(Br)ncc1F. The summed E-state index contributed by atoms with van der Waals surface area (Å²) in [5, 5.41) is 0. The van der Waals surface area contributed by atoms with Crippen molar-refractivity contribution in [1.29, 1.82) is 0 Å².